The van der Waals surface area contributed by atoms with Crippen LogP contribution in [-0.2, 0) is 19.6 Å². The molecule has 5 heteroatoms. The first kappa shape index (κ1) is 12.7. The Bertz CT molecular complexity index is 525. The van der Waals surface area contributed by atoms with Crippen molar-refractivity contribution in [1.29, 1.82) is 0 Å². The first-order valence-electron chi connectivity index (χ1n) is 6.01. The van der Waals surface area contributed by atoms with Gasteiger partial charge in [0.2, 0.25) is 0 Å². The van der Waals surface area contributed by atoms with Crippen LogP contribution in [0.25, 0.3) is 0 Å². The summed E-state index contributed by atoms with van der Waals surface area (Å²) in [5.74, 6) is -0.249. The first-order valence-corrected chi connectivity index (χ1v) is 6.01. The number of hydrogen-bond acceptors (Lipinski definition) is 3. The van der Waals surface area contributed by atoms with Crippen LogP contribution >= 0.6 is 0 Å². The molecule has 0 aliphatic heterocycles. The zero-order valence-corrected chi connectivity index (χ0v) is 10.3. The molecule has 4 nitrogen and oxygen atoms in total. The van der Waals surface area contributed by atoms with Gasteiger partial charge in [-0.3, -0.25) is 0 Å². The number of aliphatic hydroxyl groups excluding tert-OH is 1. The number of halogens is 1. The summed E-state index contributed by atoms with van der Waals surface area (Å²) in [4.78, 5) is 0. The van der Waals surface area contributed by atoms with Crippen molar-refractivity contribution in [2.24, 2.45) is 0 Å². The van der Waals surface area contributed by atoms with Crippen LogP contribution < -0.4 is 0 Å². The molecule has 1 aromatic heterocycles. The molecule has 18 heavy (non-hydrogen) atoms. The minimum Gasteiger partial charge on any atom is -0.390 e. The Morgan fingerprint density at radius 2 is 2.11 bits per heavy atom. The molecular formula is C13H16FN3O. The lowest BCUT2D eigenvalue weighted by Gasteiger charge is -2.07. The summed E-state index contributed by atoms with van der Waals surface area (Å²) in [5.41, 5.74) is 2.03. The fraction of sp³-hybridized carbons (Fsp3) is 0.385. The van der Waals surface area contributed by atoms with E-state index in [9.17, 15) is 9.50 Å². The lowest BCUT2D eigenvalue weighted by atomic mass is 10.2. The predicted molar refractivity (Wildman–Crippen MR) is 65.4 cm³/mol. The average Bonchev–Trinajstić information content (AvgIpc) is 2.75. The second-order valence-corrected chi connectivity index (χ2v) is 4.14. The Hall–Kier alpha value is -1.75. The van der Waals surface area contributed by atoms with Crippen LogP contribution in [0.15, 0.2) is 24.3 Å². The Labute approximate surface area is 105 Å². The fourth-order valence-electron chi connectivity index (χ4n) is 1.92. The van der Waals surface area contributed by atoms with Gasteiger partial charge in [0.1, 0.15) is 11.5 Å². The molecule has 0 saturated carbocycles. The van der Waals surface area contributed by atoms with Crippen molar-refractivity contribution in [3.05, 3.63) is 47.0 Å². The zero-order valence-electron chi connectivity index (χ0n) is 10.3. The van der Waals surface area contributed by atoms with Crippen LogP contribution in [0, 0.1) is 5.82 Å². The Morgan fingerprint density at radius 3 is 2.78 bits per heavy atom. The second kappa shape index (κ2) is 5.73. The van der Waals surface area contributed by atoms with Gasteiger partial charge in [0, 0.05) is 5.56 Å². The van der Waals surface area contributed by atoms with Crippen LogP contribution in [-0.4, -0.2) is 20.1 Å². The molecule has 0 amide bonds. The highest BCUT2D eigenvalue weighted by molar-refractivity contribution is 5.19. The van der Waals surface area contributed by atoms with Gasteiger partial charge in [-0.15, -0.1) is 5.10 Å². The quantitative estimate of drug-likeness (QED) is 0.880. The van der Waals surface area contributed by atoms with E-state index in [1.165, 1.54) is 6.07 Å². The number of rotatable bonds is 5. The van der Waals surface area contributed by atoms with E-state index < -0.39 is 0 Å². The minimum atomic E-state index is -0.249. The number of aliphatic hydroxyl groups is 1. The summed E-state index contributed by atoms with van der Waals surface area (Å²) in [7, 11) is 0. The predicted octanol–water partition coefficient (Wildman–Crippen LogP) is 1.91. The van der Waals surface area contributed by atoms with E-state index >= 15 is 0 Å². The molecule has 96 valence electrons. The van der Waals surface area contributed by atoms with Crippen LogP contribution in [0.4, 0.5) is 4.39 Å². The van der Waals surface area contributed by atoms with Crippen LogP contribution in [0.2, 0.25) is 0 Å². The van der Waals surface area contributed by atoms with Gasteiger partial charge in [0.25, 0.3) is 0 Å². The molecule has 2 rings (SSSR count). The topological polar surface area (TPSA) is 50.9 Å². The molecule has 1 heterocycles. The van der Waals surface area contributed by atoms with Gasteiger partial charge in [-0.1, -0.05) is 36.8 Å². The summed E-state index contributed by atoms with van der Waals surface area (Å²) in [6.45, 7) is 2.25. The average molecular weight is 249 g/mol. The highest BCUT2D eigenvalue weighted by atomic mass is 19.1. The summed E-state index contributed by atoms with van der Waals surface area (Å²) >= 11 is 0. The van der Waals surface area contributed by atoms with E-state index in [0.29, 0.717) is 17.8 Å². The number of aromatic nitrogens is 3. The molecule has 0 saturated heterocycles. The molecule has 0 aliphatic carbocycles. The maximum Gasteiger partial charge on any atom is 0.128 e. The molecule has 0 atom stereocenters. The van der Waals surface area contributed by atoms with Gasteiger partial charge in [0.05, 0.1) is 18.8 Å². The standard InChI is InChI=1S/C13H16FN3O/c1-2-5-13-12(9-18)15-16-17(13)8-10-6-3-4-7-11(10)14/h3-4,6-7,18H,2,5,8-9H2,1H3. The van der Waals surface area contributed by atoms with E-state index in [4.69, 9.17) is 0 Å². The minimum absolute atomic E-state index is 0.132. The molecule has 0 aliphatic rings. The third kappa shape index (κ3) is 2.56. The Kier molecular flexibility index (Phi) is 4.04. The molecule has 0 fully saturated rings. The molecular weight excluding hydrogens is 233 g/mol. The maximum atomic E-state index is 13.6. The van der Waals surface area contributed by atoms with Crippen molar-refractivity contribution in [2.75, 3.05) is 0 Å². The molecule has 2 aromatic rings. The maximum absolute atomic E-state index is 13.6. The van der Waals surface area contributed by atoms with Gasteiger partial charge in [0.15, 0.2) is 0 Å². The van der Waals surface area contributed by atoms with Gasteiger partial charge < -0.3 is 5.11 Å². The molecule has 0 bridgehead atoms. The number of hydrogen-bond donors (Lipinski definition) is 1. The molecule has 0 radical (unpaired) electrons. The van der Waals surface area contributed by atoms with E-state index in [1.54, 1.807) is 22.9 Å². The summed E-state index contributed by atoms with van der Waals surface area (Å²) in [6, 6.07) is 6.61. The van der Waals surface area contributed by atoms with Gasteiger partial charge in [-0.25, -0.2) is 9.07 Å². The van der Waals surface area contributed by atoms with Crippen molar-refractivity contribution >= 4 is 0 Å². The lowest BCUT2D eigenvalue weighted by molar-refractivity contribution is 0.275. The van der Waals surface area contributed by atoms with Crippen LogP contribution in [0.3, 0.4) is 0 Å². The van der Waals surface area contributed by atoms with Gasteiger partial charge >= 0.3 is 0 Å². The highest BCUT2D eigenvalue weighted by Gasteiger charge is 2.12. The Balaban J connectivity index is 2.29. The zero-order chi connectivity index (χ0) is 13.0. The van der Waals surface area contributed by atoms with Crippen molar-refractivity contribution in [1.82, 2.24) is 15.0 Å². The molecule has 1 N–H and O–H groups in total. The molecule has 0 unspecified atom stereocenters. The largest absolute Gasteiger partial charge is 0.390 e. The Morgan fingerprint density at radius 1 is 1.33 bits per heavy atom. The van der Waals surface area contributed by atoms with Crippen molar-refractivity contribution in [3.63, 3.8) is 0 Å². The third-order valence-electron chi connectivity index (χ3n) is 2.83. The molecule has 1 aromatic carbocycles. The first-order chi connectivity index (χ1) is 8.76. The van der Waals surface area contributed by atoms with Crippen LogP contribution in [0.1, 0.15) is 30.3 Å². The highest BCUT2D eigenvalue weighted by Crippen LogP contribution is 2.13. The second-order valence-electron chi connectivity index (χ2n) is 4.14. The number of nitrogens with zero attached hydrogens (tertiary/aromatic N) is 3. The monoisotopic (exact) mass is 249 g/mol. The van der Waals surface area contributed by atoms with E-state index in [2.05, 4.69) is 10.3 Å². The van der Waals surface area contributed by atoms with E-state index in [0.717, 1.165) is 18.5 Å². The van der Waals surface area contributed by atoms with E-state index in [-0.39, 0.29) is 12.4 Å². The van der Waals surface area contributed by atoms with Crippen LogP contribution in [0.5, 0.6) is 0 Å². The summed E-state index contributed by atoms with van der Waals surface area (Å²) in [6.07, 6.45) is 1.70. The lowest BCUT2D eigenvalue weighted by Crippen LogP contribution is -2.08. The van der Waals surface area contributed by atoms with E-state index in [1.807, 2.05) is 6.92 Å². The summed E-state index contributed by atoms with van der Waals surface area (Å²) in [5, 5.41) is 17.1. The van der Waals surface area contributed by atoms with Crippen molar-refractivity contribution in [2.45, 2.75) is 32.9 Å². The third-order valence-corrected chi connectivity index (χ3v) is 2.83. The normalized spacial score (nSPS) is 10.8. The SMILES string of the molecule is CCCc1c(CO)nnn1Cc1ccccc1F. The number of benzene rings is 1. The van der Waals surface area contributed by atoms with Gasteiger partial charge in [-0.2, -0.15) is 0 Å². The fourth-order valence-corrected chi connectivity index (χ4v) is 1.92. The van der Waals surface area contributed by atoms with Crippen molar-refractivity contribution < 1.29 is 9.50 Å². The summed E-state index contributed by atoms with van der Waals surface area (Å²) < 4.78 is 15.2. The smallest absolute Gasteiger partial charge is 0.128 e. The van der Waals surface area contributed by atoms with Gasteiger partial charge in [-0.05, 0) is 12.5 Å². The van der Waals surface area contributed by atoms with Crippen molar-refractivity contribution in [3.8, 4) is 0 Å². The molecule has 0 spiro atoms.